The van der Waals surface area contributed by atoms with E-state index in [2.05, 4.69) is 41.0 Å². The predicted octanol–water partition coefficient (Wildman–Crippen LogP) is 1.50. The van der Waals surface area contributed by atoms with Crippen molar-refractivity contribution in [3.05, 3.63) is 38.6 Å². The van der Waals surface area contributed by atoms with Crippen LogP contribution in [0.5, 0.6) is 0 Å². The highest BCUT2D eigenvalue weighted by Gasteiger charge is 2.26. The molecule has 0 radical (unpaired) electrons. The predicted molar refractivity (Wildman–Crippen MR) is 87.2 cm³/mol. The monoisotopic (exact) mass is 381 g/mol. The molecular formula is C13H16BrN7O2. The highest BCUT2D eigenvalue weighted by atomic mass is 79.9. The Kier molecular flexibility index (Phi) is 4.53. The molecule has 0 saturated carbocycles. The quantitative estimate of drug-likeness (QED) is 0.631. The molecule has 1 aliphatic rings. The van der Waals surface area contributed by atoms with E-state index in [0.29, 0.717) is 29.8 Å². The molecule has 0 aliphatic carbocycles. The SMILES string of the molecule is Cc1nc(CN2CCN(c3c(Br)cncc3[N+](=O)[O-])CC2)n[nH]1. The summed E-state index contributed by atoms with van der Waals surface area (Å²) in [6.07, 6.45) is 2.88. The fraction of sp³-hybridized carbons (Fsp3) is 0.462. The Bertz CT molecular complexity index is 712. The molecule has 9 nitrogen and oxygen atoms in total. The summed E-state index contributed by atoms with van der Waals surface area (Å²) in [4.78, 5) is 23.3. The van der Waals surface area contributed by atoms with Crippen molar-refractivity contribution in [3.63, 3.8) is 0 Å². The Morgan fingerprint density at radius 2 is 2.09 bits per heavy atom. The normalized spacial score (nSPS) is 15.8. The van der Waals surface area contributed by atoms with E-state index in [0.717, 1.165) is 24.7 Å². The molecule has 0 atom stereocenters. The van der Waals surface area contributed by atoms with Gasteiger partial charge in [-0.2, -0.15) is 5.10 Å². The number of pyridine rings is 1. The van der Waals surface area contributed by atoms with Gasteiger partial charge in [-0.25, -0.2) is 4.98 Å². The van der Waals surface area contributed by atoms with Gasteiger partial charge in [0.1, 0.15) is 17.7 Å². The zero-order chi connectivity index (χ0) is 16.4. The summed E-state index contributed by atoms with van der Waals surface area (Å²) in [5.41, 5.74) is 0.621. The lowest BCUT2D eigenvalue weighted by molar-refractivity contribution is -0.384. The van der Waals surface area contributed by atoms with Crippen molar-refractivity contribution in [2.75, 3.05) is 31.1 Å². The molecule has 3 heterocycles. The molecule has 1 saturated heterocycles. The van der Waals surface area contributed by atoms with E-state index in [9.17, 15) is 10.1 Å². The number of rotatable bonds is 4. The van der Waals surface area contributed by atoms with Gasteiger partial charge in [-0.05, 0) is 22.9 Å². The van der Waals surface area contributed by atoms with Crippen LogP contribution < -0.4 is 4.90 Å². The van der Waals surface area contributed by atoms with Gasteiger partial charge >= 0.3 is 5.69 Å². The third-order valence-electron chi connectivity index (χ3n) is 3.75. The number of nitrogens with zero attached hydrogens (tertiary/aromatic N) is 6. The molecule has 0 aromatic carbocycles. The summed E-state index contributed by atoms with van der Waals surface area (Å²) in [7, 11) is 0. The van der Waals surface area contributed by atoms with E-state index in [4.69, 9.17) is 0 Å². The minimum atomic E-state index is -0.393. The Labute approximate surface area is 141 Å². The molecule has 2 aromatic rings. The van der Waals surface area contributed by atoms with Crippen molar-refractivity contribution in [2.45, 2.75) is 13.5 Å². The summed E-state index contributed by atoms with van der Waals surface area (Å²) in [5.74, 6) is 1.57. The number of piperazine rings is 1. The van der Waals surface area contributed by atoms with Crippen LogP contribution in [0.15, 0.2) is 16.9 Å². The van der Waals surface area contributed by atoms with Gasteiger partial charge in [-0.15, -0.1) is 0 Å². The van der Waals surface area contributed by atoms with Gasteiger partial charge in [0.2, 0.25) is 0 Å². The van der Waals surface area contributed by atoms with Crippen molar-refractivity contribution >= 4 is 27.3 Å². The maximum Gasteiger partial charge on any atom is 0.311 e. The van der Waals surface area contributed by atoms with E-state index in [-0.39, 0.29) is 5.69 Å². The summed E-state index contributed by atoms with van der Waals surface area (Å²) < 4.78 is 0.643. The van der Waals surface area contributed by atoms with Crippen LogP contribution in [0.25, 0.3) is 0 Å². The largest absolute Gasteiger partial charge is 0.362 e. The van der Waals surface area contributed by atoms with Crippen molar-refractivity contribution in [2.24, 2.45) is 0 Å². The van der Waals surface area contributed by atoms with Gasteiger partial charge in [-0.3, -0.25) is 25.1 Å². The second-order valence-electron chi connectivity index (χ2n) is 5.35. The molecule has 122 valence electrons. The number of nitrogens with one attached hydrogen (secondary N) is 1. The smallest absolute Gasteiger partial charge is 0.311 e. The number of aryl methyl sites for hydroxylation is 1. The minimum Gasteiger partial charge on any atom is -0.362 e. The molecule has 23 heavy (non-hydrogen) atoms. The highest BCUT2D eigenvalue weighted by molar-refractivity contribution is 9.10. The summed E-state index contributed by atoms with van der Waals surface area (Å²) in [6.45, 7) is 5.53. The van der Waals surface area contributed by atoms with Gasteiger partial charge < -0.3 is 4.90 Å². The lowest BCUT2D eigenvalue weighted by Gasteiger charge is -2.35. The van der Waals surface area contributed by atoms with Crippen molar-refractivity contribution in [3.8, 4) is 0 Å². The molecule has 1 fully saturated rings. The average Bonchev–Trinajstić information content (AvgIpc) is 2.93. The summed E-state index contributed by atoms with van der Waals surface area (Å²) in [5, 5.41) is 18.2. The average molecular weight is 382 g/mol. The molecule has 1 aliphatic heterocycles. The molecule has 3 rings (SSSR count). The van der Waals surface area contributed by atoms with Gasteiger partial charge in [0.05, 0.1) is 15.9 Å². The van der Waals surface area contributed by atoms with E-state index in [1.165, 1.54) is 6.20 Å². The van der Waals surface area contributed by atoms with Gasteiger partial charge in [0.25, 0.3) is 0 Å². The van der Waals surface area contributed by atoms with Gasteiger partial charge in [0.15, 0.2) is 5.82 Å². The number of aromatic amines is 1. The Morgan fingerprint density at radius 3 is 2.70 bits per heavy atom. The second kappa shape index (κ2) is 6.59. The highest BCUT2D eigenvalue weighted by Crippen LogP contribution is 2.35. The maximum absolute atomic E-state index is 11.2. The molecule has 10 heteroatoms. The molecule has 0 bridgehead atoms. The molecule has 0 amide bonds. The van der Waals surface area contributed by atoms with E-state index >= 15 is 0 Å². The molecular weight excluding hydrogens is 366 g/mol. The molecule has 0 spiro atoms. The molecule has 2 aromatic heterocycles. The lowest BCUT2D eigenvalue weighted by atomic mass is 10.2. The zero-order valence-electron chi connectivity index (χ0n) is 12.6. The van der Waals surface area contributed by atoms with Gasteiger partial charge in [-0.1, -0.05) is 0 Å². The van der Waals surface area contributed by atoms with Crippen LogP contribution >= 0.6 is 15.9 Å². The number of hydrogen-bond acceptors (Lipinski definition) is 7. The van der Waals surface area contributed by atoms with Crippen LogP contribution in [0.4, 0.5) is 11.4 Å². The van der Waals surface area contributed by atoms with Crippen LogP contribution in [-0.2, 0) is 6.54 Å². The lowest BCUT2D eigenvalue weighted by Crippen LogP contribution is -2.46. The van der Waals surface area contributed by atoms with E-state index < -0.39 is 4.92 Å². The van der Waals surface area contributed by atoms with E-state index in [1.807, 2.05) is 11.8 Å². The van der Waals surface area contributed by atoms with Crippen molar-refractivity contribution < 1.29 is 4.92 Å². The van der Waals surface area contributed by atoms with Crippen LogP contribution in [0.3, 0.4) is 0 Å². The standard InChI is InChI=1S/C13H16BrN7O2/c1-9-16-12(18-17-9)8-19-2-4-20(5-3-19)13-10(14)6-15-7-11(13)21(22)23/h6-7H,2-5,8H2,1H3,(H,16,17,18). The van der Waals surface area contributed by atoms with Gasteiger partial charge in [0, 0.05) is 32.4 Å². The third-order valence-corrected chi connectivity index (χ3v) is 4.33. The number of nitro groups is 1. The topological polar surface area (TPSA) is 104 Å². The molecule has 0 unspecified atom stereocenters. The summed E-state index contributed by atoms with van der Waals surface area (Å²) >= 11 is 3.38. The Balaban J connectivity index is 1.68. The van der Waals surface area contributed by atoms with Crippen molar-refractivity contribution in [1.29, 1.82) is 0 Å². The van der Waals surface area contributed by atoms with E-state index in [1.54, 1.807) is 6.20 Å². The maximum atomic E-state index is 11.2. The third kappa shape index (κ3) is 3.48. The number of H-pyrrole nitrogens is 1. The number of hydrogen-bond donors (Lipinski definition) is 1. The fourth-order valence-electron chi connectivity index (χ4n) is 2.65. The number of halogens is 1. The first-order valence-corrected chi connectivity index (χ1v) is 7.97. The first kappa shape index (κ1) is 15.8. The number of aromatic nitrogens is 4. The first-order chi connectivity index (χ1) is 11.0. The van der Waals surface area contributed by atoms with Crippen LogP contribution in [0, 0.1) is 17.0 Å². The first-order valence-electron chi connectivity index (χ1n) is 7.17. The second-order valence-corrected chi connectivity index (χ2v) is 6.20. The van der Waals surface area contributed by atoms with Crippen LogP contribution in [0.2, 0.25) is 0 Å². The molecule has 1 N–H and O–H groups in total. The van der Waals surface area contributed by atoms with Crippen LogP contribution in [-0.4, -0.2) is 56.2 Å². The number of anilines is 1. The van der Waals surface area contributed by atoms with Crippen LogP contribution in [0.1, 0.15) is 11.6 Å². The zero-order valence-corrected chi connectivity index (χ0v) is 14.2. The Hall–Kier alpha value is -2.07. The summed E-state index contributed by atoms with van der Waals surface area (Å²) in [6, 6.07) is 0. The minimum absolute atomic E-state index is 0.0254. The Morgan fingerprint density at radius 1 is 1.35 bits per heavy atom. The fourth-order valence-corrected chi connectivity index (χ4v) is 3.23. The van der Waals surface area contributed by atoms with Crippen molar-refractivity contribution in [1.82, 2.24) is 25.1 Å².